The summed E-state index contributed by atoms with van der Waals surface area (Å²) in [6.07, 6.45) is 3.09. The monoisotopic (exact) mass is 445 g/mol. The molecule has 2 heterocycles. The van der Waals surface area contributed by atoms with Crippen LogP contribution in [0.1, 0.15) is 72.5 Å². The highest BCUT2D eigenvalue weighted by Gasteiger charge is 2.75. The van der Waals surface area contributed by atoms with Gasteiger partial charge in [0.05, 0.1) is 22.7 Å². The van der Waals surface area contributed by atoms with Gasteiger partial charge in [0.25, 0.3) is 5.69 Å². The molecule has 6 nitrogen and oxygen atoms in total. The third kappa shape index (κ3) is 2.92. The number of hydrogen-bond acceptors (Lipinski definition) is 5. The first kappa shape index (κ1) is 21.6. The van der Waals surface area contributed by atoms with E-state index in [9.17, 15) is 10.1 Å². The van der Waals surface area contributed by atoms with Crippen LogP contribution in [0.15, 0.2) is 24.3 Å². The van der Waals surface area contributed by atoms with Crippen LogP contribution < -0.4 is 0 Å². The van der Waals surface area contributed by atoms with Gasteiger partial charge in [-0.05, 0) is 31.2 Å². The molecule has 2 saturated carbocycles. The Morgan fingerprint density at radius 1 is 1.03 bits per heavy atom. The highest BCUT2D eigenvalue weighted by molar-refractivity contribution is 6.73. The summed E-state index contributed by atoms with van der Waals surface area (Å²) in [6, 6.07) is 7.08. The Morgan fingerprint density at radius 2 is 1.65 bits per heavy atom. The fourth-order valence-electron chi connectivity index (χ4n) is 7.29. The van der Waals surface area contributed by atoms with Crippen molar-refractivity contribution < 1.29 is 18.5 Å². The summed E-state index contributed by atoms with van der Waals surface area (Å²) in [6.45, 7) is 15.0. The molecular formula is C24H35NO5Si. The second-order valence-corrected chi connectivity index (χ2v) is 17.3. The van der Waals surface area contributed by atoms with Crippen molar-refractivity contribution in [3.8, 4) is 0 Å². The lowest BCUT2D eigenvalue weighted by Crippen LogP contribution is -2.63. The molecule has 170 valence electrons. The Kier molecular flexibility index (Phi) is 4.45. The lowest BCUT2D eigenvalue weighted by Gasteiger charge is -2.54. The zero-order valence-electron chi connectivity index (χ0n) is 19.6. The Labute approximate surface area is 186 Å². The van der Waals surface area contributed by atoms with E-state index in [0.717, 1.165) is 38.0 Å². The maximum absolute atomic E-state index is 11.6. The van der Waals surface area contributed by atoms with Crippen molar-refractivity contribution in [1.29, 1.82) is 0 Å². The summed E-state index contributed by atoms with van der Waals surface area (Å²) in [4.78, 5) is 11.4. The molecule has 4 fully saturated rings. The first-order valence-corrected chi connectivity index (χ1v) is 13.3. The van der Waals surface area contributed by atoms with Gasteiger partial charge in [0.2, 0.25) is 0 Å². The summed E-state index contributed by atoms with van der Waals surface area (Å²) < 4.78 is 20.0. The van der Waals surface area contributed by atoms with Gasteiger partial charge in [0, 0.05) is 40.2 Å². The number of benzene rings is 1. The fourth-order valence-corrected chi connectivity index (χ4v) is 12.4. The van der Waals surface area contributed by atoms with Crippen LogP contribution in [0, 0.1) is 26.9 Å². The highest BCUT2D eigenvalue weighted by Crippen LogP contribution is 2.76. The van der Waals surface area contributed by atoms with Gasteiger partial charge >= 0.3 is 8.56 Å². The molecule has 2 saturated heterocycles. The molecule has 31 heavy (non-hydrogen) atoms. The van der Waals surface area contributed by atoms with E-state index in [1.54, 1.807) is 12.1 Å². The quantitative estimate of drug-likeness (QED) is 0.321. The standard InChI is InChI=1S/C24H35NO5Si/c1-21(2,3)31(22(4,5)6)28-14-23(15-29-31)11-17-20(30-19-12-24(17,19)13-23)16-9-7-8-10-18(16)25(26)27/h7-10,17,19-20H,11-15H2,1-6H3/t17-,19+,20-,24-/m0/s1. The molecule has 2 spiro atoms. The van der Waals surface area contributed by atoms with Crippen molar-refractivity contribution in [2.45, 2.75) is 83.1 Å². The average Bonchev–Trinajstić information content (AvgIpc) is 3.12. The van der Waals surface area contributed by atoms with E-state index in [1.807, 2.05) is 12.1 Å². The lowest BCUT2D eigenvalue weighted by molar-refractivity contribution is -0.386. The van der Waals surface area contributed by atoms with Crippen molar-refractivity contribution in [2.75, 3.05) is 13.2 Å². The van der Waals surface area contributed by atoms with Crippen molar-refractivity contribution >= 4 is 14.2 Å². The van der Waals surface area contributed by atoms with Crippen molar-refractivity contribution in [3.05, 3.63) is 39.9 Å². The number of ether oxygens (including phenoxy) is 1. The van der Waals surface area contributed by atoms with Gasteiger partial charge in [-0.2, -0.15) is 0 Å². The van der Waals surface area contributed by atoms with Crippen LogP contribution in [0.2, 0.25) is 10.1 Å². The highest BCUT2D eigenvalue weighted by atomic mass is 28.4. The van der Waals surface area contributed by atoms with Crippen LogP contribution >= 0.6 is 0 Å². The number of nitrogens with zero attached hydrogens (tertiary/aromatic N) is 1. The average molecular weight is 446 g/mol. The predicted octanol–water partition coefficient (Wildman–Crippen LogP) is 5.91. The maximum Gasteiger partial charge on any atom is 0.349 e. The Bertz CT molecular complexity index is 895. The van der Waals surface area contributed by atoms with E-state index < -0.39 is 8.56 Å². The lowest BCUT2D eigenvalue weighted by atomic mass is 9.84. The SMILES string of the molecule is CC(C)(C)[Si]1(C(C)(C)C)OCC2(CO1)C[C@H]1[C@H](c3ccccc3[N+](=O)[O-])O[C@@H]3C[C@@]31C2. The topological polar surface area (TPSA) is 70.8 Å². The summed E-state index contributed by atoms with van der Waals surface area (Å²) in [5, 5.41) is 11.6. The molecule has 0 N–H and O–H groups in total. The van der Waals surface area contributed by atoms with Gasteiger partial charge in [-0.1, -0.05) is 53.7 Å². The van der Waals surface area contributed by atoms with Crippen LogP contribution in [0.25, 0.3) is 0 Å². The molecule has 4 atom stereocenters. The van der Waals surface area contributed by atoms with Crippen LogP contribution in [0.3, 0.4) is 0 Å². The molecule has 5 rings (SSSR count). The summed E-state index contributed by atoms with van der Waals surface area (Å²) in [7, 11) is -2.45. The molecule has 0 unspecified atom stereocenters. The van der Waals surface area contributed by atoms with Crippen LogP contribution in [0.4, 0.5) is 5.69 Å². The normalized spacial score (nSPS) is 35.6. The van der Waals surface area contributed by atoms with Gasteiger partial charge in [-0.3, -0.25) is 10.1 Å². The summed E-state index contributed by atoms with van der Waals surface area (Å²) >= 11 is 0. The van der Waals surface area contributed by atoms with Crippen LogP contribution in [0.5, 0.6) is 0 Å². The molecule has 0 aromatic heterocycles. The molecule has 1 aromatic carbocycles. The predicted molar refractivity (Wildman–Crippen MR) is 120 cm³/mol. The van der Waals surface area contributed by atoms with E-state index in [4.69, 9.17) is 13.6 Å². The number of nitro groups is 1. The largest absolute Gasteiger partial charge is 0.393 e. The molecular weight excluding hydrogens is 410 g/mol. The second kappa shape index (κ2) is 6.40. The number of rotatable bonds is 2. The van der Waals surface area contributed by atoms with Crippen molar-refractivity contribution in [3.63, 3.8) is 0 Å². The third-order valence-corrected chi connectivity index (χ3v) is 13.4. The zero-order chi connectivity index (χ0) is 22.4. The molecule has 2 aliphatic carbocycles. The Balaban J connectivity index is 1.41. The molecule has 4 aliphatic rings. The van der Waals surface area contributed by atoms with E-state index in [2.05, 4.69) is 41.5 Å². The molecule has 0 bridgehead atoms. The van der Waals surface area contributed by atoms with Crippen molar-refractivity contribution in [2.24, 2.45) is 16.7 Å². The van der Waals surface area contributed by atoms with Gasteiger partial charge in [0.15, 0.2) is 0 Å². The maximum atomic E-state index is 11.6. The van der Waals surface area contributed by atoms with E-state index in [1.165, 1.54) is 0 Å². The van der Waals surface area contributed by atoms with Gasteiger partial charge in [0.1, 0.15) is 0 Å². The van der Waals surface area contributed by atoms with Crippen LogP contribution in [-0.2, 0) is 13.6 Å². The first-order chi connectivity index (χ1) is 14.3. The summed E-state index contributed by atoms with van der Waals surface area (Å²) in [5.74, 6) is 0.296. The van der Waals surface area contributed by atoms with Crippen LogP contribution in [-0.4, -0.2) is 32.8 Å². The molecule has 7 heteroatoms. The van der Waals surface area contributed by atoms with E-state index in [0.29, 0.717) is 5.92 Å². The third-order valence-electron chi connectivity index (χ3n) is 8.40. The van der Waals surface area contributed by atoms with E-state index in [-0.39, 0.29) is 43.7 Å². The molecule has 0 amide bonds. The zero-order valence-corrected chi connectivity index (χ0v) is 20.6. The molecule has 0 radical (unpaired) electrons. The van der Waals surface area contributed by atoms with Gasteiger partial charge in [-0.25, -0.2) is 0 Å². The van der Waals surface area contributed by atoms with Gasteiger partial charge in [-0.15, -0.1) is 0 Å². The molecule has 1 aromatic rings. The number of nitro benzene ring substituents is 1. The minimum absolute atomic E-state index is 0.00198. The Morgan fingerprint density at radius 3 is 2.23 bits per heavy atom. The summed E-state index contributed by atoms with van der Waals surface area (Å²) in [5.41, 5.74) is 1.05. The van der Waals surface area contributed by atoms with Gasteiger partial charge < -0.3 is 13.6 Å². The minimum Gasteiger partial charge on any atom is -0.393 e. The fraction of sp³-hybridized carbons (Fsp3) is 0.750. The number of para-hydroxylation sites is 1. The smallest absolute Gasteiger partial charge is 0.349 e. The second-order valence-electron chi connectivity index (χ2n) is 12.5. The minimum atomic E-state index is -2.45. The molecule has 2 aliphatic heterocycles. The van der Waals surface area contributed by atoms with Crippen molar-refractivity contribution in [1.82, 2.24) is 0 Å². The van der Waals surface area contributed by atoms with E-state index >= 15 is 0 Å². The Hall–Kier alpha value is -1.28. The first-order valence-electron chi connectivity index (χ1n) is 11.5. The number of hydrogen-bond donors (Lipinski definition) is 0.